The van der Waals surface area contributed by atoms with Crippen molar-refractivity contribution in [3.8, 4) is 5.75 Å². The first-order valence-corrected chi connectivity index (χ1v) is 5.51. The molecule has 5 nitrogen and oxygen atoms in total. The van der Waals surface area contributed by atoms with Gasteiger partial charge < -0.3 is 10.5 Å². The maximum atomic E-state index is 12.5. The van der Waals surface area contributed by atoms with E-state index in [1.165, 1.54) is 18.0 Å². The number of carbonyl (C=O) groups excluding carboxylic acids is 1. The molecule has 1 heterocycles. The lowest BCUT2D eigenvalue weighted by atomic mass is 10.0. The summed E-state index contributed by atoms with van der Waals surface area (Å²) in [5.41, 5.74) is 8.15. The quantitative estimate of drug-likeness (QED) is 0.658. The van der Waals surface area contributed by atoms with E-state index in [1.807, 2.05) is 13.0 Å². The Bertz CT molecular complexity index is 602. The molecule has 0 amide bonds. The first-order chi connectivity index (χ1) is 8.54. The number of nitrogen functional groups attached to an aromatic ring is 1. The Balaban J connectivity index is 2.54. The summed E-state index contributed by atoms with van der Waals surface area (Å²) in [6.45, 7) is 1.91. The van der Waals surface area contributed by atoms with E-state index >= 15 is 0 Å². The van der Waals surface area contributed by atoms with Crippen LogP contribution in [0.1, 0.15) is 21.6 Å². The number of methoxy groups -OCH3 is 1. The summed E-state index contributed by atoms with van der Waals surface area (Å²) < 4.78 is 6.62. The van der Waals surface area contributed by atoms with Crippen molar-refractivity contribution < 1.29 is 9.53 Å². The molecule has 18 heavy (non-hydrogen) atoms. The lowest BCUT2D eigenvalue weighted by Crippen LogP contribution is -2.12. The molecule has 2 N–H and O–H groups in total. The summed E-state index contributed by atoms with van der Waals surface area (Å²) in [5, 5.41) is 4.02. The number of aryl methyl sites for hydroxylation is 2. The molecule has 1 aromatic carbocycles. The topological polar surface area (TPSA) is 70.1 Å². The van der Waals surface area contributed by atoms with Crippen LogP contribution < -0.4 is 10.5 Å². The summed E-state index contributed by atoms with van der Waals surface area (Å²) in [6, 6.07) is 5.36. The SMILES string of the molecule is COc1cnn(C)c1C(=O)c1cc(C)ccc1N. The molecular weight excluding hydrogens is 230 g/mol. The highest BCUT2D eigenvalue weighted by Crippen LogP contribution is 2.24. The molecule has 0 aliphatic carbocycles. The molecule has 0 saturated carbocycles. The van der Waals surface area contributed by atoms with Gasteiger partial charge in [0.15, 0.2) is 11.4 Å². The average Bonchev–Trinajstić information content (AvgIpc) is 2.72. The molecule has 94 valence electrons. The molecule has 0 saturated heterocycles. The summed E-state index contributed by atoms with van der Waals surface area (Å²) in [7, 11) is 3.20. The molecule has 0 radical (unpaired) electrons. The fourth-order valence-electron chi connectivity index (χ4n) is 1.82. The van der Waals surface area contributed by atoms with E-state index in [0.717, 1.165) is 5.56 Å². The van der Waals surface area contributed by atoms with Gasteiger partial charge >= 0.3 is 0 Å². The first kappa shape index (κ1) is 12.2. The predicted octanol–water partition coefficient (Wildman–Crippen LogP) is 1.55. The number of hydrogen-bond acceptors (Lipinski definition) is 4. The molecule has 0 aliphatic heterocycles. The summed E-state index contributed by atoms with van der Waals surface area (Å²) >= 11 is 0. The second-order valence-corrected chi connectivity index (χ2v) is 4.10. The fourth-order valence-corrected chi connectivity index (χ4v) is 1.82. The fraction of sp³-hybridized carbons (Fsp3) is 0.231. The van der Waals surface area contributed by atoms with Crippen LogP contribution in [0.4, 0.5) is 5.69 Å². The van der Waals surface area contributed by atoms with Crippen molar-refractivity contribution in [2.45, 2.75) is 6.92 Å². The molecule has 0 bridgehead atoms. The van der Waals surface area contributed by atoms with E-state index in [1.54, 1.807) is 19.2 Å². The second kappa shape index (κ2) is 4.52. The van der Waals surface area contributed by atoms with E-state index in [0.29, 0.717) is 22.7 Å². The molecule has 0 fully saturated rings. The van der Waals surface area contributed by atoms with Gasteiger partial charge in [-0.15, -0.1) is 0 Å². The maximum Gasteiger partial charge on any atom is 0.216 e. The Hall–Kier alpha value is -2.30. The Morgan fingerprint density at radius 3 is 2.83 bits per heavy atom. The zero-order valence-electron chi connectivity index (χ0n) is 10.6. The number of ketones is 1. The Kier molecular flexibility index (Phi) is 3.06. The van der Waals surface area contributed by atoms with Crippen LogP contribution in [0.15, 0.2) is 24.4 Å². The predicted molar refractivity (Wildman–Crippen MR) is 68.8 cm³/mol. The van der Waals surface area contributed by atoms with Crippen molar-refractivity contribution in [2.75, 3.05) is 12.8 Å². The summed E-state index contributed by atoms with van der Waals surface area (Å²) in [4.78, 5) is 12.5. The number of benzene rings is 1. The van der Waals surface area contributed by atoms with Crippen molar-refractivity contribution in [2.24, 2.45) is 7.05 Å². The standard InChI is InChI=1S/C13H15N3O2/c1-8-4-5-10(14)9(6-8)13(17)12-11(18-3)7-15-16(12)2/h4-7H,14H2,1-3H3. The monoisotopic (exact) mass is 245 g/mol. The zero-order valence-corrected chi connectivity index (χ0v) is 10.6. The lowest BCUT2D eigenvalue weighted by molar-refractivity contribution is 0.102. The van der Waals surface area contributed by atoms with Crippen molar-refractivity contribution >= 4 is 11.5 Å². The van der Waals surface area contributed by atoms with Gasteiger partial charge in [0.1, 0.15) is 0 Å². The molecular formula is C13H15N3O2. The van der Waals surface area contributed by atoms with Crippen molar-refractivity contribution in [3.05, 3.63) is 41.2 Å². The normalized spacial score (nSPS) is 10.4. The van der Waals surface area contributed by atoms with Gasteiger partial charge in [0, 0.05) is 18.3 Å². The van der Waals surface area contributed by atoms with Gasteiger partial charge in [-0.05, 0) is 19.1 Å². The van der Waals surface area contributed by atoms with Crippen LogP contribution in [0, 0.1) is 6.92 Å². The third-order valence-electron chi connectivity index (χ3n) is 2.79. The molecule has 1 aromatic heterocycles. The maximum absolute atomic E-state index is 12.5. The number of carbonyl (C=O) groups is 1. The number of aromatic nitrogens is 2. The molecule has 2 rings (SSSR count). The minimum atomic E-state index is -0.187. The van der Waals surface area contributed by atoms with Crippen LogP contribution in [0.25, 0.3) is 0 Å². The summed E-state index contributed by atoms with van der Waals surface area (Å²) in [5.74, 6) is 0.261. The molecule has 0 unspecified atom stereocenters. The number of nitrogens with zero attached hydrogens (tertiary/aromatic N) is 2. The van der Waals surface area contributed by atoms with Crippen molar-refractivity contribution in [3.63, 3.8) is 0 Å². The molecule has 2 aromatic rings. The smallest absolute Gasteiger partial charge is 0.216 e. The van der Waals surface area contributed by atoms with Gasteiger partial charge in [0.25, 0.3) is 0 Å². The minimum Gasteiger partial charge on any atom is -0.493 e. The number of nitrogens with two attached hydrogens (primary N) is 1. The van der Waals surface area contributed by atoms with Crippen LogP contribution in [-0.2, 0) is 7.05 Å². The summed E-state index contributed by atoms with van der Waals surface area (Å²) in [6.07, 6.45) is 1.51. The number of anilines is 1. The zero-order chi connectivity index (χ0) is 13.3. The van der Waals surface area contributed by atoms with Gasteiger partial charge in [0.05, 0.1) is 13.3 Å². The molecule has 5 heteroatoms. The van der Waals surface area contributed by atoms with Gasteiger partial charge in [-0.2, -0.15) is 5.10 Å². The van der Waals surface area contributed by atoms with Crippen LogP contribution in [-0.4, -0.2) is 22.7 Å². The average molecular weight is 245 g/mol. The Labute approximate surface area is 105 Å². The van der Waals surface area contributed by atoms with E-state index in [-0.39, 0.29) is 5.78 Å². The minimum absolute atomic E-state index is 0.187. The van der Waals surface area contributed by atoms with Gasteiger partial charge in [-0.3, -0.25) is 9.48 Å². The molecule has 0 aliphatic rings. The third-order valence-corrected chi connectivity index (χ3v) is 2.79. The van der Waals surface area contributed by atoms with E-state index in [2.05, 4.69) is 5.10 Å². The molecule has 0 atom stereocenters. The van der Waals surface area contributed by atoms with Gasteiger partial charge in [-0.25, -0.2) is 0 Å². The van der Waals surface area contributed by atoms with Crippen molar-refractivity contribution in [1.29, 1.82) is 0 Å². The lowest BCUT2D eigenvalue weighted by Gasteiger charge is -2.08. The third kappa shape index (κ3) is 1.95. The highest BCUT2D eigenvalue weighted by atomic mass is 16.5. The van der Waals surface area contributed by atoms with Crippen LogP contribution >= 0.6 is 0 Å². The Morgan fingerprint density at radius 2 is 2.17 bits per heavy atom. The van der Waals surface area contributed by atoms with Gasteiger partial charge in [-0.1, -0.05) is 11.6 Å². The highest BCUT2D eigenvalue weighted by molar-refractivity contribution is 6.12. The highest BCUT2D eigenvalue weighted by Gasteiger charge is 2.21. The van der Waals surface area contributed by atoms with Crippen LogP contribution in [0.5, 0.6) is 5.75 Å². The van der Waals surface area contributed by atoms with E-state index < -0.39 is 0 Å². The number of hydrogen-bond donors (Lipinski definition) is 1. The van der Waals surface area contributed by atoms with Crippen LogP contribution in [0.3, 0.4) is 0 Å². The van der Waals surface area contributed by atoms with Gasteiger partial charge in [0.2, 0.25) is 5.78 Å². The van der Waals surface area contributed by atoms with Crippen molar-refractivity contribution in [1.82, 2.24) is 9.78 Å². The van der Waals surface area contributed by atoms with E-state index in [4.69, 9.17) is 10.5 Å². The van der Waals surface area contributed by atoms with E-state index in [9.17, 15) is 4.79 Å². The largest absolute Gasteiger partial charge is 0.493 e. The first-order valence-electron chi connectivity index (χ1n) is 5.51. The Morgan fingerprint density at radius 1 is 1.44 bits per heavy atom. The number of ether oxygens (including phenoxy) is 1. The second-order valence-electron chi connectivity index (χ2n) is 4.10. The van der Waals surface area contributed by atoms with Crippen LogP contribution in [0.2, 0.25) is 0 Å². The molecule has 0 spiro atoms. The number of rotatable bonds is 3.